The Labute approximate surface area is 137 Å². The van der Waals surface area contributed by atoms with Crippen molar-refractivity contribution < 1.29 is 22.7 Å². The molecule has 1 heterocycles. The van der Waals surface area contributed by atoms with Crippen LogP contribution in [0.3, 0.4) is 0 Å². The molecule has 1 unspecified atom stereocenters. The minimum atomic E-state index is -4.20. The molecule has 7 nitrogen and oxygen atoms in total. The molecule has 0 aliphatic heterocycles. The quantitative estimate of drug-likeness (QED) is 0.817. The van der Waals surface area contributed by atoms with Gasteiger partial charge in [0.25, 0.3) is 0 Å². The zero-order valence-corrected chi connectivity index (χ0v) is 13.0. The van der Waals surface area contributed by atoms with Crippen molar-refractivity contribution in [3.8, 4) is 6.07 Å². The number of carbonyl (C=O) groups is 1. The molecule has 0 bridgehead atoms. The van der Waals surface area contributed by atoms with E-state index >= 15 is 0 Å². The molecule has 0 aliphatic rings. The lowest BCUT2D eigenvalue weighted by Crippen LogP contribution is -2.31. The van der Waals surface area contributed by atoms with Crippen molar-refractivity contribution in [2.45, 2.75) is 17.4 Å². The van der Waals surface area contributed by atoms with Gasteiger partial charge in [0, 0.05) is 6.20 Å². The Hall–Kier alpha value is -2.83. The molecule has 0 saturated heterocycles. The maximum atomic E-state index is 13.6. The smallest absolute Gasteiger partial charge is 0.305 e. The fraction of sp³-hybridized carbons (Fsp3) is 0.133. The molecule has 2 aromatic rings. The number of rotatable bonds is 6. The zero-order valence-electron chi connectivity index (χ0n) is 12.2. The number of nitrogens with one attached hydrogen (secondary N) is 1. The lowest BCUT2D eigenvalue weighted by atomic mass is 10.1. The number of sulfonamides is 1. The van der Waals surface area contributed by atoms with Crippen LogP contribution >= 0.6 is 0 Å². The second-order valence-corrected chi connectivity index (χ2v) is 6.49. The van der Waals surface area contributed by atoms with Crippen LogP contribution in [0.4, 0.5) is 4.39 Å². The number of hydrogen-bond acceptors (Lipinski definition) is 5. The molecule has 0 amide bonds. The van der Waals surface area contributed by atoms with Gasteiger partial charge in [0.2, 0.25) is 10.0 Å². The van der Waals surface area contributed by atoms with E-state index in [1.165, 1.54) is 12.3 Å². The summed E-state index contributed by atoms with van der Waals surface area (Å²) in [4.78, 5) is 14.5. The minimum Gasteiger partial charge on any atom is -0.481 e. The second kappa shape index (κ2) is 7.16. The predicted octanol–water partition coefficient (Wildman–Crippen LogP) is 1.59. The lowest BCUT2D eigenvalue weighted by Gasteiger charge is -2.16. The summed E-state index contributed by atoms with van der Waals surface area (Å²) in [7, 11) is -4.20. The van der Waals surface area contributed by atoms with Crippen molar-refractivity contribution in [2.75, 3.05) is 0 Å². The van der Waals surface area contributed by atoms with E-state index in [2.05, 4.69) is 9.71 Å². The van der Waals surface area contributed by atoms with Crippen LogP contribution in [0.15, 0.2) is 47.5 Å². The highest BCUT2D eigenvalue weighted by atomic mass is 32.2. The van der Waals surface area contributed by atoms with E-state index in [-0.39, 0.29) is 11.3 Å². The molecular weight excluding hydrogens is 337 g/mol. The number of carboxylic acids is 1. The molecule has 0 aliphatic carbocycles. The standard InChI is InChI=1S/C15H12FN3O4S/c16-12-7-11(5-4-10(12)9-17)24(22,23)19-14(8-15(20)21)13-3-1-2-6-18-13/h1-7,14,19H,8H2,(H,20,21). The van der Waals surface area contributed by atoms with E-state index in [4.69, 9.17) is 10.4 Å². The van der Waals surface area contributed by atoms with Crippen LogP contribution in [-0.2, 0) is 14.8 Å². The number of pyridine rings is 1. The Morgan fingerprint density at radius 3 is 2.67 bits per heavy atom. The maximum absolute atomic E-state index is 13.6. The molecule has 124 valence electrons. The normalized spacial score (nSPS) is 12.3. The molecular formula is C15H12FN3O4S. The van der Waals surface area contributed by atoms with Crippen LogP contribution < -0.4 is 4.72 Å². The largest absolute Gasteiger partial charge is 0.481 e. The monoisotopic (exact) mass is 349 g/mol. The van der Waals surface area contributed by atoms with Gasteiger partial charge >= 0.3 is 5.97 Å². The highest BCUT2D eigenvalue weighted by Crippen LogP contribution is 2.20. The molecule has 1 aromatic heterocycles. The van der Waals surface area contributed by atoms with Gasteiger partial charge in [-0.25, -0.2) is 17.5 Å². The third kappa shape index (κ3) is 4.13. The third-order valence-corrected chi connectivity index (χ3v) is 4.56. The van der Waals surface area contributed by atoms with Gasteiger partial charge in [-0.3, -0.25) is 9.78 Å². The van der Waals surface area contributed by atoms with E-state index in [1.54, 1.807) is 18.2 Å². The van der Waals surface area contributed by atoms with Gasteiger partial charge in [-0.2, -0.15) is 5.26 Å². The first-order valence-corrected chi connectivity index (χ1v) is 8.16. The minimum absolute atomic E-state index is 0.220. The fourth-order valence-electron chi connectivity index (χ4n) is 1.97. The van der Waals surface area contributed by atoms with E-state index in [0.717, 1.165) is 12.1 Å². The van der Waals surface area contributed by atoms with Gasteiger partial charge in [0.05, 0.1) is 28.6 Å². The molecule has 24 heavy (non-hydrogen) atoms. The molecule has 0 radical (unpaired) electrons. The first-order chi connectivity index (χ1) is 11.3. The van der Waals surface area contributed by atoms with Gasteiger partial charge in [0.1, 0.15) is 11.9 Å². The van der Waals surface area contributed by atoms with Crippen LogP contribution in [0.2, 0.25) is 0 Å². The molecule has 2 rings (SSSR count). The molecule has 0 spiro atoms. The average Bonchev–Trinajstić information content (AvgIpc) is 2.54. The maximum Gasteiger partial charge on any atom is 0.305 e. The number of halogens is 1. The van der Waals surface area contributed by atoms with Gasteiger partial charge in [0.15, 0.2) is 0 Å². The second-order valence-electron chi connectivity index (χ2n) is 4.78. The molecule has 1 atom stereocenters. The third-order valence-electron chi connectivity index (χ3n) is 3.09. The molecule has 2 N–H and O–H groups in total. The lowest BCUT2D eigenvalue weighted by molar-refractivity contribution is -0.137. The van der Waals surface area contributed by atoms with Gasteiger partial charge in [-0.1, -0.05) is 6.07 Å². The summed E-state index contributed by atoms with van der Waals surface area (Å²) in [6, 6.07) is 7.96. The first-order valence-electron chi connectivity index (χ1n) is 6.68. The van der Waals surface area contributed by atoms with E-state index in [1.807, 2.05) is 0 Å². The average molecular weight is 349 g/mol. The number of aromatic nitrogens is 1. The van der Waals surface area contributed by atoms with E-state index in [9.17, 15) is 17.6 Å². The molecule has 0 fully saturated rings. The van der Waals surface area contributed by atoms with Crippen molar-refractivity contribution in [1.29, 1.82) is 5.26 Å². The molecule has 9 heteroatoms. The highest BCUT2D eigenvalue weighted by molar-refractivity contribution is 7.89. The number of nitrogens with zero attached hydrogens (tertiary/aromatic N) is 2. The van der Waals surface area contributed by atoms with Crippen LogP contribution in [0.5, 0.6) is 0 Å². The Morgan fingerprint density at radius 2 is 2.12 bits per heavy atom. The summed E-state index contributed by atoms with van der Waals surface area (Å²) in [6.07, 6.45) is 0.870. The van der Waals surface area contributed by atoms with Gasteiger partial charge in [-0.15, -0.1) is 0 Å². The summed E-state index contributed by atoms with van der Waals surface area (Å²) in [5, 5.41) is 17.6. The fourth-order valence-corrected chi connectivity index (χ4v) is 3.19. The zero-order chi connectivity index (χ0) is 17.7. The van der Waals surface area contributed by atoms with E-state index in [0.29, 0.717) is 6.07 Å². The number of aliphatic carboxylic acids is 1. The topological polar surface area (TPSA) is 120 Å². The highest BCUT2D eigenvalue weighted by Gasteiger charge is 2.25. The summed E-state index contributed by atoms with van der Waals surface area (Å²) in [5.74, 6) is -2.20. The van der Waals surface area contributed by atoms with Crippen molar-refractivity contribution in [3.05, 3.63) is 59.7 Å². The Bertz CT molecular complexity index is 895. The predicted molar refractivity (Wildman–Crippen MR) is 80.7 cm³/mol. The van der Waals surface area contributed by atoms with E-state index < -0.39 is 39.2 Å². The van der Waals surface area contributed by atoms with Crippen molar-refractivity contribution in [2.24, 2.45) is 0 Å². The van der Waals surface area contributed by atoms with Gasteiger partial charge < -0.3 is 5.11 Å². The number of hydrogen-bond donors (Lipinski definition) is 2. The summed E-state index contributed by atoms with van der Waals surface area (Å²) in [5.41, 5.74) is -0.0710. The Morgan fingerprint density at radius 1 is 1.38 bits per heavy atom. The van der Waals surface area contributed by atoms with Crippen molar-refractivity contribution in [3.63, 3.8) is 0 Å². The molecule has 1 aromatic carbocycles. The van der Waals surface area contributed by atoms with Crippen molar-refractivity contribution in [1.82, 2.24) is 9.71 Å². The Kier molecular flexibility index (Phi) is 5.23. The SMILES string of the molecule is N#Cc1ccc(S(=O)(=O)NC(CC(=O)O)c2ccccn2)cc1F. The van der Waals surface area contributed by atoms with Crippen LogP contribution in [0, 0.1) is 17.1 Å². The Balaban J connectivity index is 2.35. The summed E-state index contributed by atoms with van der Waals surface area (Å²) in [6.45, 7) is 0. The van der Waals surface area contributed by atoms with Crippen LogP contribution in [0.1, 0.15) is 23.7 Å². The number of nitriles is 1. The van der Waals surface area contributed by atoms with Crippen LogP contribution in [-0.4, -0.2) is 24.5 Å². The summed E-state index contributed by atoms with van der Waals surface area (Å²) < 4.78 is 40.6. The number of benzene rings is 1. The summed E-state index contributed by atoms with van der Waals surface area (Å²) >= 11 is 0. The molecule has 0 saturated carbocycles. The first kappa shape index (κ1) is 17.5. The van der Waals surface area contributed by atoms with Crippen LogP contribution in [0.25, 0.3) is 0 Å². The van der Waals surface area contributed by atoms with Crippen molar-refractivity contribution >= 4 is 16.0 Å². The number of carboxylic acid groups (broad SMARTS) is 1. The van der Waals surface area contributed by atoms with Gasteiger partial charge in [-0.05, 0) is 30.3 Å².